The van der Waals surface area contributed by atoms with E-state index >= 15 is 0 Å². The molecule has 3 N–H and O–H groups in total. The number of aromatic nitrogens is 1. The van der Waals surface area contributed by atoms with Crippen molar-refractivity contribution < 1.29 is 9.90 Å². The number of aliphatic hydroxyl groups is 1. The lowest BCUT2D eigenvalue weighted by Crippen LogP contribution is -2.42. The van der Waals surface area contributed by atoms with Crippen molar-refractivity contribution in [1.29, 1.82) is 0 Å². The summed E-state index contributed by atoms with van der Waals surface area (Å²) in [5.74, 6) is 0.528. The third kappa shape index (κ3) is 5.52. The zero-order chi connectivity index (χ0) is 15.8. The Balaban J connectivity index is 1.62. The Morgan fingerprint density at radius 2 is 2.05 bits per heavy atom. The van der Waals surface area contributed by atoms with Crippen molar-refractivity contribution >= 4 is 11.7 Å². The lowest BCUT2D eigenvalue weighted by Gasteiger charge is -2.33. The summed E-state index contributed by atoms with van der Waals surface area (Å²) in [5, 5.41) is 14.8. The molecule has 1 aromatic rings. The first-order valence-electron chi connectivity index (χ1n) is 8.00. The highest BCUT2D eigenvalue weighted by atomic mass is 16.3. The van der Waals surface area contributed by atoms with Crippen LogP contribution >= 0.6 is 0 Å². The Hall–Kier alpha value is -1.82. The van der Waals surface area contributed by atoms with Gasteiger partial charge in [0.1, 0.15) is 0 Å². The van der Waals surface area contributed by atoms with E-state index in [2.05, 4.69) is 20.5 Å². The fourth-order valence-electron chi connectivity index (χ4n) is 2.64. The van der Waals surface area contributed by atoms with Crippen LogP contribution in [0, 0.1) is 5.92 Å². The van der Waals surface area contributed by atoms with E-state index in [9.17, 15) is 4.79 Å². The molecule has 1 aliphatic rings. The summed E-state index contributed by atoms with van der Waals surface area (Å²) in [6.45, 7) is 4.96. The highest BCUT2D eigenvalue weighted by Crippen LogP contribution is 2.22. The number of nitrogens with zero attached hydrogens (tertiary/aromatic N) is 2. The third-order valence-electron chi connectivity index (χ3n) is 4.04. The molecule has 1 aromatic heterocycles. The monoisotopic (exact) mass is 306 g/mol. The molecule has 2 rings (SSSR count). The number of anilines is 1. The van der Waals surface area contributed by atoms with Gasteiger partial charge < -0.3 is 20.6 Å². The number of nitrogens with one attached hydrogen (secondary N) is 2. The first-order chi connectivity index (χ1) is 10.6. The number of amides is 2. The van der Waals surface area contributed by atoms with Gasteiger partial charge in [-0.1, -0.05) is 0 Å². The lowest BCUT2D eigenvalue weighted by atomic mass is 9.96. The molecule has 1 fully saturated rings. The minimum atomic E-state index is -0.377. The highest BCUT2D eigenvalue weighted by Gasteiger charge is 2.19. The van der Waals surface area contributed by atoms with Crippen LogP contribution in [-0.2, 0) is 0 Å². The summed E-state index contributed by atoms with van der Waals surface area (Å²) in [6, 6.07) is 3.93. The molecule has 6 heteroatoms. The number of urea groups is 1. The van der Waals surface area contributed by atoms with E-state index in [4.69, 9.17) is 5.11 Å². The van der Waals surface area contributed by atoms with Gasteiger partial charge >= 0.3 is 6.03 Å². The fraction of sp³-hybridized carbons (Fsp3) is 0.625. The number of hydrogen-bond donors (Lipinski definition) is 3. The molecule has 22 heavy (non-hydrogen) atoms. The third-order valence-corrected chi connectivity index (χ3v) is 4.04. The van der Waals surface area contributed by atoms with Crippen LogP contribution in [0.1, 0.15) is 26.2 Å². The molecular weight excluding hydrogens is 280 g/mol. The van der Waals surface area contributed by atoms with Gasteiger partial charge in [0, 0.05) is 44.3 Å². The number of rotatable bonds is 6. The maximum Gasteiger partial charge on any atom is 0.314 e. The Bertz CT molecular complexity index is 445. The molecule has 2 heterocycles. The quantitative estimate of drug-likeness (QED) is 0.742. The van der Waals surface area contributed by atoms with Crippen molar-refractivity contribution in [3.63, 3.8) is 0 Å². The van der Waals surface area contributed by atoms with Crippen molar-refractivity contribution in [2.24, 2.45) is 5.92 Å². The molecule has 0 aromatic carbocycles. The van der Waals surface area contributed by atoms with Crippen LogP contribution in [0.25, 0.3) is 0 Å². The lowest BCUT2D eigenvalue weighted by molar-refractivity contribution is 0.183. The average Bonchev–Trinajstić information content (AvgIpc) is 2.54. The van der Waals surface area contributed by atoms with E-state index in [0.717, 1.165) is 25.9 Å². The van der Waals surface area contributed by atoms with E-state index in [1.54, 1.807) is 6.92 Å². The van der Waals surface area contributed by atoms with Crippen LogP contribution in [-0.4, -0.2) is 48.4 Å². The smallest absolute Gasteiger partial charge is 0.314 e. The maximum absolute atomic E-state index is 11.6. The molecule has 0 aliphatic carbocycles. The minimum absolute atomic E-state index is 0.141. The molecule has 0 bridgehead atoms. The van der Waals surface area contributed by atoms with E-state index in [0.29, 0.717) is 25.4 Å². The van der Waals surface area contributed by atoms with Crippen LogP contribution in [0.3, 0.4) is 0 Å². The predicted molar refractivity (Wildman–Crippen MR) is 86.9 cm³/mol. The first kappa shape index (κ1) is 16.5. The minimum Gasteiger partial charge on any atom is -0.393 e. The molecule has 6 nitrogen and oxygen atoms in total. The van der Waals surface area contributed by atoms with Gasteiger partial charge in [-0.15, -0.1) is 0 Å². The van der Waals surface area contributed by atoms with Gasteiger partial charge in [-0.2, -0.15) is 0 Å². The topological polar surface area (TPSA) is 77.5 Å². The summed E-state index contributed by atoms with van der Waals surface area (Å²) in [5.41, 5.74) is 1.22. The molecule has 0 spiro atoms. The number of carbonyl (C=O) groups is 1. The zero-order valence-electron chi connectivity index (χ0n) is 13.2. The maximum atomic E-state index is 11.6. The molecule has 2 amide bonds. The molecule has 1 atom stereocenters. The molecule has 1 aliphatic heterocycles. The summed E-state index contributed by atoms with van der Waals surface area (Å²) in [4.78, 5) is 18.0. The van der Waals surface area contributed by atoms with E-state index < -0.39 is 0 Å². The normalized spacial score (nSPS) is 17.1. The number of aliphatic hydroxyl groups excluding tert-OH is 1. The van der Waals surface area contributed by atoms with Crippen molar-refractivity contribution in [1.82, 2.24) is 15.6 Å². The van der Waals surface area contributed by atoms with Gasteiger partial charge in [-0.3, -0.25) is 4.98 Å². The Morgan fingerprint density at radius 3 is 2.68 bits per heavy atom. The van der Waals surface area contributed by atoms with Crippen molar-refractivity contribution in [3.8, 4) is 0 Å². The Morgan fingerprint density at radius 1 is 1.36 bits per heavy atom. The highest BCUT2D eigenvalue weighted by molar-refractivity contribution is 5.73. The van der Waals surface area contributed by atoms with E-state index in [1.165, 1.54) is 5.69 Å². The molecule has 1 saturated heterocycles. The molecule has 0 saturated carbocycles. The van der Waals surface area contributed by atoms with Crippen molar-refractivity contribution in [3.05, 3.63) is 24.5 Å². The largest absolute Gasteiger partial charge is 0.393 e. The van der Waals surface area contributed by atoms with Crippen LogP contribution in [0.2, 0.25) is 0 Å². The summed E-state index contributed by atoms with van der Waals surface area (Å²) < 4.78 is 0. The van der Waals surface area contributed by atoms with Crippen LogP contribution < -0.4 is 15.5 Å². The van der Waals surface area contributed by atoms with Crippen LogP contribution in [0.15, 0.2) is 24.5 Å². The zero-order valence-corrected chi connectivity index (χ0v) is 13.2. The van der Waals surface area contributed by atoms with Crippen molar-refractivity contribution in [2.75, 3.05) is 31.1 Å². The Kier molecular flexibility index (Phi) is 6.45. The van der Waals surface area contributed by atoms with E-state index in [1.807, 2.05) is 24.5 Å². The van der Waals surface area contributed by atoms with Gasteiger partial charge in [0.05, 0.1) is 6.10 Å². The van der Waals surface area contributed by atoms with Gasteiger partial charge in [0.25, 0.3) is 0 Å². The molecule has 1 unspecified atom stereocenters. The average molecular weight is 306 g/mol. The van der Waals surface area contributed by atoms with Gasteiger partial charge in [0.15, 0.2) is 0 Å². The number of piperidine rings is 1. The second-order valence-corrected chi connectivity index (χ2v) is 5.91. The van der Waals surface area contributed by atoms with Gasteiger partial charge in [0.2, 0.25) is 0 Å². The number of carbonyl (C=O) groups excluding carboxylic acids is 1. The van der Waals surface area contributed by atoms with Crippen LogP contribution in [0.5, 0.6) is 0 Å². The second kappa shape index (κ2) is 8.58. The Labute approximate surface area is 131 Å². The first-order valence-corrected chi connectivity index (χ1v) is 8.00. The van der Waals surface area contributed by atoms with Crippen molar-refractivity contribution in [2.45, 2.75) is 32.3 Å². The second-order valence-electron chi connectivity index (χ2n) is 5.91. The molecule has 122 valence electrons. The fourth-order valence-corrected chi connectivity index (χ4v) is 2.64. The predicted octanol–water partition coefficient (Wildman–Crippen LogP) is 1.37. The molecule has 0 radical (unpaired) electrons. The summed E-state index contributed by atoms with van der Waals surface area (Å²) in [6.07, 6.45) is 6.00. The van der Waals surface area contributed by atoms with Gasteiger partial charge in [-0.05, 0) is 44.2 Å². The molecular formula is C16H26N4O2. The van der Waals surface area contributed by atoms with E-state index in [-0.39, 0.29) is 12.1 Å². The summed E-state index contributed by atoms with van der Waals surface area (Å²) in [7, 11) is 0. The number of hydrogen-bond acceptors (Lipinski definition) is 4. The SMILES string of the molecule is CC(O)CCNC(=O)NCC1CCN(c2ccncc2)CC1. The van der Waals surface area contributed by atoms with Crippen LogP contribution in [0.4, 0.5) is 10.5 Å². The summed E-state index contributed by atoms with van der Waals surface area (Å²) >= 11 is 0. The number of pyridine rings is 1. The van der Waals surface area contributed by atoms with Gasteiger partial charge in [-0.25, -0.2) is 4.79 Å². The standard InChI is InChI=1S/C16H26N4O2/c1-13(21)2-9-18-16(22)19-12-14-5-10-20(11-6-14)15-3-7-17-8-4-15/h3-4,7-8,13-14,21H,2,5-6,9-12H2,1H3,(H2,18,19,22).